The molecule has 0 aliphatic carbocycles. The molecule has 138 valence electrons. The van der Waals surface area contributed by atoms with Crippen LogP contribution in [0.15, 0.2) is 70.5 Å². The number of aryl methyl sites for hydroxylation is 1. The van der Waals surface area contributed by atoms with Gasteiger partial charge in [0.15, 0.2) is 0 Å². The van der Waals surface area contributed by atoms with Crippen molar-refractivity contribution >= 4 is 26.9 Å². The van der Waals surface area contributed by atoms with Gasteiger partial charge >= 0.3 is 0 Å². The molecular weight excluding hydrogens is 362 g/mol. The van der Waals surface area contributed by atoms with Crippen LogP contribution in [0.25, 0.3) is 0 Å². The van der Waals surface area contributed by atoms with Gasteiger partial charge in [0.2, 0.25) is 9.84 Å². The van der Waals surface area contributed by atoms with E-state index in [0.29, 0.717) is 28.6 Å². The molecule has 0 spiro atoms. The van der Waals surface area contributed by atoms with Crippen LogP contribution in [0, 0.1) is 6.92 Å². The maximum atomic E-state index is 13.1. The van der Waals surface area contributed by atoms with Crippen molar-refractivity contribution in [1.82, 2.24) is 0 Å². The minimum Gasteiger partial charge on any atom is -0.494 e. The van der Waals surface area contributed by atoms with Gasteiger partial charge in [-0.3, -0.25) is 0 Å². The van der Waals surface area contributed by atoms with Gasteiger partial charge < -0.3 is 14.4 Å². The molecule has 0 saturated heterocycles. The topological polar surface area (TPSA) is 55.8 Å². The molecule has 0 aromatic heterocycles. The Hall–Kier alpha value is -2.99. The number of rotatable bonds is 3. The molecule has 0 N–H and O–H groups in total. The molecule has 3 aromatic rings. The van der Waals surface area contributed by atoms with Gasteiger partial charge in [0, 0.05) is 0 Å². The van der Waals surface area contributed by atoms with E-state index in [1.165, 1.54) is 0 Å². The Balaban J connectivity index is 2.13. The Morgan fingerprint density at radius 3 is 1.67 bits per heavy atom. The number of para-hydroxylation sites is 2. The van der Waals surface area contributed by atoms with Crippen LogP contribution in [-0.2, 0) is 9.84 Å². The first-order valence-corrected chi connectivity index (χ1v) is 9.93. The zero-order valence-electron chi connectivity index (χ0n) is 15.3. The van der Waals surface area contributed by atoms with Crippen LogP contribution in [-0.4, -0.2) is 22.6 Å². The quantitative estimate of drug-likeness (QED) is 0.518. The van der Waals surface area contributed by atoms with Crippen molar-refractivity contribution in [3.05, 3.63) is 66.2 Å². The first kappa shape index (κ1) is 17.4. The van der Waals surface area contributed by atoms with Crippen molar-refractivity contribution in [1.29, 1.82) is 0 Å². The molecule has 0 bridgehead atoms. The minimum atomic E-state index is -3.61. The minimum absolute atomic E-state index is 0.258. The van der Waals surface area contributed by atoms with Crippen LogP contribution in [0.3, 0.4) is 0 Å². The summed E-state index contributed by atoms with van der Waals surface area (Å²) in [6.07, 6.45) is 0. The van der Waals surface area contributed by atoms with Crippen molar-refractivity contribution in [2.75, 3.05) is 19.1 Å². The third-order valence-electron chi connectivity index (χ3n) is 4.64. The summed E-state index contributed by atoms with van der Waals surface area (Å²) in [6.45, 7) is 1.96. The SMILES string of the molecule is COc1cc(C)cc(OC)c1N1c2ccccc2S(=O)(=O)c2ccccc21. The molecule has 1 aliphatic rings. The van der Waals surface area contributed by atoms with Crippen molar-refractivity contribution in [2.45, 2.75) is 16.7 Å². The number of anilines is 3. The molecule has 0 atom stereocenters. The van der Waals surface area contributed by atoms with E-state index in [1.807, 2.05) is 36.1 Å². The lowest BCUT2D eigenvalue weighted by Crippen LogP contribution is -2.23. The van der Waals surface area contributed by atoms with Crippen molar-refractivity contribution < 1.29 is 17.9 Å². The normalized spacial score (nSPS) is 14.3. The maximum Gasteiger partial charge on any atom is 0.210 e. The Kier molecular flexibility index (Phi) is 4.08. The van der Waals surface area contributed by atoms with Gasteiger partial charge in [-0.1, -0.05) is 24.3 Å². The van der Waals surface area contributed by atoms with Crippen LogP contribution in [0.4, 0.5) is 17.1 Å². The number of fused-ring (bicyclic) bond motifs is 2. The molecule has 0 fully saturated rings. The van der Waals surface area contributed by atoms with Crippen LogP contribution in [0.5, 0.6) is 11.5 Å². The van der Waals surface area contributed by atoms with E-state index in [1.54, 1.807) is 50.6 Å². The first-order valence-electron chi connectivity index (χ1n) is 8.45. The highest BCUT2D eigenvalue weighted by atomic mass is 32.2. The monoisotopic (exact) mass is 381 g/mol. The zero-order chi connectivity index (χ0) is 19.2. The summed E-state index contributed by atoms with van der Waals surface area (Å²) in [6, 6.07) is 17.8. The maximum absolute atomic E-state index is 13.1. The number of hydrogen-bond acceptors (Lipinski definition) is 5. The summed E-state index contributed by atoms with van der Waals surface area (Å²) >= 11 is 0. The van der Waals surface area contributed by atoms with Gasteiger partial charge in [0.05, 0.1) is 35.4 Å². The van der Waals surface area contributed by atoms with Crippen LogP contribution < -0.4 is 14.4 Å². The summed E-state index contributed by atoms with van der Waals surface area (Å²) in [7, 11) is -0.426. The van der Waals surface area contributed by atoms with E-state index in [-0.39, 0.29) is 9.79 Å². The first-order chi connectivity index (χ1) is 13.0. The van der Waals surface area contributed by atoms with Crippen molar-refractivity contribution in [3.8, 4) is 11.5 Å². The molecule has 27 heavy (non-hydrogen) atoms. The van der Waals surface area contributed by atoms with Crippen molar-refractivity contribution in [3.63, 3.8) is 0 Å². The molecule has 1 aliphatic heterocycles. The lowest BCUT2D eigenvalue weighted by atomic mass is 10.1. The van der Waals surface area contributed by atoms with Gasteiger partial charge in [0.1, 0.15) is 17.2 Å². The van der Waals surface area contributed by atoms with Crippen LogP contribution >= 0.6 is 0 Å². The lowest BCUT2D eigenvalue weighted by molar-refractivity contribution is 0.396. The fraction of sp³-hybridized carbons (Fsp3) is 0.143. The number of methoxy groups -OCH3 is 2. The molecule has 3 aromatic carbocycles. The van der Waals surface area contributed by atoms with E-state index in [0.717, 1.165) is 5.56 Å². The molecule has 4 rings (SSSR count). The molecule has 1 heterocycles. The highest BCUT2D eigenvalue weighted by Gasteiger charge is 2.36. The number of sulfone groups is 1. The third-order valence-corrected chi connectivity index (χ3v) is 6.49. The third kappa shape index (κ3) is 2.56. The Bertz CT molecular complexity index is 1060. The molecule has 0 amide bonds. The zero-order valence-corrected chi connectivity index (χ0v) is 16.1. The Morgan fingerprint density at radius 2 is 1.22 bits per heavy atom. The van der Waals surface area contributed by atoms with E-state index in [9.17, 15) is 8.42 Å². The number of nitrogens with zero attached hydrogens (tertiary/aromatic N) is 1. The van der Waals surface area contributed by atoms with Crippen LogP contribution in [0.2, 0.25) is 0 Å². The number of benzene rings is 3. The van der Waals surface area contributed by atoms with Gasteiger partial charge in [-0.15, -0.1) is 0 Å². The molecule has 0 saturated carbocycles. The highest BCUT2D eigenvalue weighted by Crippen LogP contribution is 2.53. The number of ether oxygens (including phenoxy) is 2. The van der Waals surface area contributed by atoms with Crippen molar-refractivity contribution in [2.24, 2.45) is 0 Å². The summed E-state index contributed by atoms with van der Waals surface area (Å²) in [5, 5.41) is 0. The molecule has 5 nitrogen and oxygen atoms in total. The predicted octanol–water partition coefficient (Wildman–Crippen LogP) is 4.63. The smallest absolute Gasteiger partial charge is 0.210 e. The average Bonchev–Trinajstić information content (AvgIpc) is 2.68. The second-order valence-electron chi connectivity index (χ2n) is 6.29. The lowest BCUT2D eigenvalue weighted by Gasteiger charge is -2.34. The molecule has 6 heteroatoms. The van der Waals surface area contributed by atoms with E-state index in [2.05, 4.69) is 0 Å². The van der Waals surface area contributed by atoms with E-state index < -0.39 is 9.84 Å². The van der Waals surface area contributed by atoms with Gasteiger partial charge in [-0.25, -0.2) is 8.42 Å². The summed E-state index contributed by atoms with van der Waals surface area (Å²) < 4.78 is 37.6. The molecule has 0 unspecified atom stereocenters. The Morgan fingerprint density at radius 1 is 0.778 bits per heavy atom. The molecule has 0 radical (unpaired) electrons. The average molecular weight is 381 g/mol. The molecular formula is C21H19NO4S. The van der Waals surface area contributed by atoms with E-state index in [4.69, 9.17) is 9.47 Å². The van der Waals surface area contributed by atoms with Gasteiger partial charge in [-0.2, -0.15) is 0 Å². The summed E-state index contributed by atoms with van der Waals surface area (Å²) in [5.74, 6) is 1.21. The fourth-order valence-electron chi connectivity index (χ4n) is 3.47. The Labute approximate surface area is 158 Å². The van der Waals surface area contributed by atoms with Gasteiger partial charge in [0.25, 0.3) is 0 Å². The standard InChI is InChI=1S/C21H19NO4S/c1-14-12-17(25-2)21(18(13-14)26-3)22-15-8-4-6-10-19(15)27(23,24)20-11-7-5-9-16(20)22/h4-13H,1-3H3. The van der Waals surface area contributed by atoms with Crippen LogP contribution in [0.1, 0.15) is 5.56 Å². The summed E-state index contributed by atoms with van der Waals surface area (Å²) in [4.78, 5) is 2.41. The highest BCUT2D eigenvalue weighted by molar-refractivity contribution is 7.92. The number of hydrogen-bond donors (Lipinski definition) is 0. The second kappa shape index (κ2) is 6.32. The predicted molar refractivity (Wildman–Crippen MR) is 104 cm³/mol. The second-order valence-corrected chi connectivity index (χ2v) is 8.18. The largest absolute Gasteiger partial charge is 0.494 e. The fourth-order valence-corrected chi connectivity index (χ4v) is 5.09. The van der Waals surface area contributed by atoms with E-state index >= 15 is 0 Å². The summed E-state index contributed by atoms with van der Waals surface area (Å²) in [5.41, 5.74) is 2.78. The van der Waals surface area contributed by atoms with Gasteiger partial charge in [-0.05, 0) is 48.9 Å².